The van der Waals surface area contributed by atoms with Gasteiger partial charge >= 0.3 is 0 Å². The minimum Gasteiger partial charge on any atom is -0.398 e. The summed E-state index contributed by atoms with van der Waals surface area (Å²) < 4.78 is 2.00. The molecule has 0 aliphatic carbocycles. The normalized spacial score (nSPS) is 10.5. The molecule has 1 heterocycles. The van der Waals surface area contributed by atoms with E-state index >= 15 is 0 Å². The summed E-state index contributed by atoms with van der Waals surface area (Å²) in [5, 5.41) is 0.996. The Morgan fingerprint density at radius 1 is 1.12 bits per heavy atom. The molecule has 17 heavy (non-hydrogen) atoms. The Kier molecular flexibility index (Phi) is 4.48. The second kappa shape index (κ2) is 5.89. The van der Waals surface area contributed by atoms with Crippen LogP contribution in [0.15, 0.2) is 50.5 Å². The van der Waals surface area contributed by atoms with E-state index in [9.17, 15) is 0 Å². The topological polar surface area (TPSA) is 38.9 Å². The molecule has 0 radical (unpaired) electrons. The van der Waals surface area contributed by atoms with E-state index in [4.69, 9.17) is 5.73 Å². The van der Waals surface area contributed by atoms with Gasteiger partial charge in [0.15, 0.2) is 0 Å². The third-order valence-electron chi connectivity index (χ3n) is 2.18. The van der Waals surface area contributed by atoms with Crippen molar-refractivity contribution in [3.05, 3.63) is 51.0 Å². The Labute approximate surface area is 121 Å². The first-order valence-corrected chi connectivity index (χ1v) is 7.50. The first-order valence-electron chi connectivity index (χ1n) is 4.93. The maximum Gasteiger partial charge on any atom is 0.0963 e. The van der Waals surface area contributed by atoms with E-state index in [1.54, 1.807) is 18.0 Å². The Bertz CT molecular complexity index is 514. The molecule has 0 saturated heterocycles. The predicted octanol–water partition coefficient (Wildman–Crippen LogP) is 4.48. The summed E-state index contributed by atoms with van der Waals surface area (Å²) in [7, 11) is 0. The van der Waals surface area contributed by atoms with Gasteiger partial charge in [-0.2, -0.15) is 0 Å². The number of nitrogen functional groups attached to an aromatic ring is 1. The van der Waals surface area contributed by atoms with Gasteiger partial charge < -0.3 is 5.73 Å². The molecule has 0 unspecified atom stereocenters. The van der Waals surface area contributed by atoms with Crippen molar-refractivity contribution >= 4 is 49.3 Å². The van der Waals surface area contributed by atoms with Gasteiger partial charge in [0.25, 0.3) is 0 Å². The molecular formula is C12H10Br2N2S. The van der Waals surface area contributed by atoms with Crippen LogP contribution in [0, 0.1) is 0 Å². The van der Waals surface area contributed by atoms with Gasteiger partial charge in [-0.3, -0.25) is 0 Å². The van der Waals surface area contributed by atoms with E-state index in [0.717, 1.165) is 31.0 Å². The molecule has 0 bridgehead atoms. The van der Waals surface area contributed by atoms with E-state index in [-0.39, 0.29) is 0 Å². The first kappa shape index (κ1) is 12.9. The van der Waals surface area contributed by atoms with Gasteiger partial charge in [-0.1, -0.05) is 22.0 Å². The Hall–Kier alpha value is -0.520. The van der Waals surface area contributed by atoms with Crippen LogP contribution in [0.5, 0.6) is 0 Å². The fourth-order valence-electron chi connectivity index (χ4n) is 1.30. The number of anilines is 1. The number of hydrogen-bond donors (Lipinski definition) is 1. The third-order valence-corrected chi connectivity index (χ3v) is 4.14. The van der Waals surface area contributed by atoms with Gasteiger partial charge in [-0.05, 0) is 45.8 Å². The molecule has 2 rings (SSSR count). The molecule has 0 spiro atoms. The molecule has 1 aromatic carbocycles. The average Bonchev–Trinajstić information content (AvgIpc) is 2.30. The quantitative estimate of drug-likeness (QED) is 0.636. The lowest BCUT2D eigenvalue weighted by Gasteiger charge is -2.05. The van der Waals surface area contributed by atoms with Crippen LogP contribution >= 0.6 is 43.6 Å². The molecule has 0 fully saturated rings. The van der Waals surface area contributed by atoms with Crippen molar-refractivity contribution in [1.29, 1.82) is 0 Å². The highest BCUT2D eigenvalue weighted by Gasteiger charge is 2.02. The first-order chi connectivity index (χ1) is 8.15. The lowest BCUT2D eigenvalue weighted by Crippen LogP contribution is -1.92. The predicted molar refractivity (Wildman–Crippen MR) is 80.1 cm³/mol. The third kappa shape index (κ3) is 3.72. The van der Waals surface area contributed by atoms with Crippen LogP contribution in [0.2, 0.25) is 0 Å². The van der Waals surface area contributed by atoms with Crippen molar-refractivity contribution in [3.8, 4) is 0 Å². The second-order valence-electron chi connectivity index (χ2n) is 3.45. The van der Waals surface area contributed by atoms with Crippen molar-refractivity contribution in [2.75, 3.05) is 5.73 Å². The molecule has 0 amide bonds. The summed E-state index contributed by atoms with van der Waals surface area (Å²) in [4.78, 5) is 4.31. The standard InChI is InChI=1S/C12H10Br2N2S/c13-9-2-1-8(11(15)5-9)7-17-12-4-3-10(14)6-16-12/h1-6H,7,15H2. The molecule has 2 nitrogen and oxygen atoms in total. The maximum absolute atomic E-state index is 5.94. The molecule has 0 aliphatic heterocycles. The van der Waals surface area contributed by atoms with Crippen LogP contribution < -0.4 is 5.73 Å². The molecule has 0 saturated carbocycles. The van der Waals surface area contributed by atoms with E-state index in [1.165, 1.54) is 0 Å². The second-order valence-corrected chi connectivity index (χ2v) is 6.27. The van der Waals surface area contributed by atoms with Crippen molar-refractivity contribution in [1.82, 2.24) is 4.98 Å². The van der Waals surface area contributed by atoms with Crippen molar-refractivity contribution in [2.45, 2.75) is 10.8 Å². The largest absolute Gasteiger partial charge is 0.398 e. The zero-order valence-electron chi connectivity index (χ0n) is 8.86. The summed E-state index contributed by atoms with van der Waals surface area (Å²) in [5.74, 6) is 0.827. The van der Waals surface area contributed by atoms with Crippen molar-refractivity contribution < 1.29 is 0 Å². The SMILES string of the molecule is Nc1cc(Br)ccc1CSc1ccc(Br)cn1. The van der Waals surface area contributed by atoms with Crippen LogP contribution in [0.4, 0.5) is 5.69 Å². The monoisotopic (exact) mass is 372 g/mol. The van der Waals surface area contributed by atoms with Crippen LogP contribution in [0.25, 0.3) is 0 Å². The Morgan fingerprint density at radius 2 is 1.88 bits per heavy atom. The van der Waals surface area contributed by atoms with Gasteiger partial charge in [-0.15, -0.1) is 11.8 Å². The zero-order valence-corrected chi connectivity index (χ0v) is 12.8. The lowest BCUT2D eigenvalue weighted by molar-refractivity contribution is 1.12. The zero-order chi connectivity index (χ0) is 12.3. The van der Waals surface area contributed by atoms with Crippen LogP contribution in [-0.2, 0) is 5.75 Å². The summed E-state index contributed by atoms with van der Waals surface area (Å²) in [6.07, 6.45) is 1.80. The number of hydrogen-bond acceptors (Lipinski definition) is 3. The summed E-state index contributed by atoms with van der Waals surface area (Å²) >= 11 is 8.43. The van der Waals surface area contributed by atoms with E-state index in [0.29, 0.717) is 0 Å². The molecule has 1 aromatic heterocycles. The molecule has 2 aromatic rings. The number of thioether (sulfide) groups is 1. The molecular weight excluding hydrogens is 364 g/mol. The summed E-state index contributed by atoms with van der Waals surface area (Å²) in [5.41, 5.74) is 7.88. The van der Waals surface area contributed by atoms with Gasteiger partial charge in [0.2, 0.25) is 0 Å². The molecule has 2 N–H and O–H groups in total. The molecule has 0 aliphatic rings. The number of rotatable bonds is 3. The van der Waals surface area contributed by atoms with E-state index in [2.05, 4.69) is 36.8 Å². The van der Waals surface area contributed by atoms with Crippen LogP contribution in [0.3, 0.4) is 0 Å². The lowest BCUT2D eigenvalue weighted by atomic mass is 10.2. The number of pyridine rings is 1. The number of benzene rings is 1. The summed E-state index contributed by atoms with van der Waals surface area (Å²) in [6.45, 7) is 0. The maximum atomic E-state index is 5.94. The number of nitrogens with two attached hydrogens (primary N) is 1. The Balaban J connectivity index is 2.04. The smallest absolute Gasteiger partial charge is 0.0963 e. The highest BCUT2D eigenvalue weighted by molar-refractivity contribution is 9.10. The number of aromatic nitrogens is 1. The van der Waals surface area contributed by atoms with E-state index < -0.39 is 0 Å². The number of halogens is 2. The summed E-state index contributed by atoms with van der Waals surface area (Å²) in [6, 6.07) is 9.93. The highest BCUT2D eigenvalue weighted by atomic mass is 79.9. The molecule has 5 heteroatoms. The van der Waals surface area contributed by atoms with Gasteiger partial charge in [0.05, 0.1) is 5.03 Å². The number of nitrogens with zero attached hydrogens (tertiary/aromatic N) is 1. The minimum atomic E-state index is 0.809. The average molecular weight is 374 g/mol. The molecule has 0 atom stereocenters. The van der Waals surface area contributed by atoms with Crippen molar-refractivity contribution in [3.63, 3.8) is 0 Å². The minimum absolute atomic E-state index is 0.809. The van der Waals surface area contributed by atoms with E-state index in [1.807, 2.05) is 30.3 Å². The molecule has 88 valence electrons. The van der Waals surface area contributed by atoms with Gasteiger partial charge in [0.1, 0.15) is 0 Å². The van der Waals surface area contributed by atoms with Gasteiger partial charge in [-0.25, -0.2) is 4.98 Å². The highest BCUT2D eigenvalue weighted by Crippen LogP contribution is 2.26. The Morgan fingerprint density at radius 3 is 2.53 bits per heavy atom. The van der Waals surface area contributed by atoms with Crippen LogP contribution in [0.1, 0.15) is 5.56 Å². The van der Waals surface area contributed by atoms with Crippen molar-refractivity contribution in [2.24, 2.45) is 0 Å². The van der Waals surface area contributed by atoms with Crippen LogP contribution in [-0.4, -0.2) is 4.98 Å². The fourth-order valence-corrected chi connectivity index (χ4v) is 2.77. The fraction of sp³-hybridized carbons (Fsp3) is 0.0833. The van der Waals surface area contributed by atoms with Gasteiger partial charge in [0, 0.05) is 26.6 Å².